The molecule has 0 fully saturated rings. The first-order valence-electron chi connectivity index (χ1n) is 8.12. The number of ether oxygens (including phenoxy) is 1. The standard InChI is InChI=1S/C18H25N3O2/c1-15(2)13-23-17-7-5-16(6-8-17)18(22)20-9-3-4-11-21-12-10-19-14-21/h5-8,10,12,14-15H,3-4,9,11,13H2,1-2H3,(H,20,22). The number of hydrogen-bond donors (Lipinski definition) is 1. The Hall–Kier alpha value is -2.30. The molecule has 0 aliphatic heterocycles. The van der Waals surface area contributed by atoms with Crippen LogP contribution < -0.4 is 10.1 Å². The van der Waals surface area contributed by atoms with Gasteiger partial charge in [-0.1, -0.05) is 13.8 Å². The van der Waals surface area contributed by atoms with E-state index in [0.29, 0.717) is 24.6 Å². The third-order valence-corrected chi connectivity index (χ3v) is 3.39. The van der Waals surface area contributed by atoms with E-state index in [1.165, 1.54) is 0 Å². The lowest BCUT2D eigenvalue weighted by Crippen LogP contribution is -2.24. The zero-order valence-electron chi connectivity index (χ0n) is 13.9. The molecule has 1 aromatic carbocycles. The summed E-state index contributed by atoms with van der Waals surface area (Å²) in [7, 11) is 0. The predicted octanol–water partition coefficient (Wildman–Crippen LogP) is 3.13. The molecule has 0 spiro atoms. The molecule has 1 amide bonds. The molecule has 0 aliphatic rings. The summed E-state index contributed by atoms with van der Waals surface area (Å²) in [5.74, 6) is 1.25. The monoisotopic (exact) mass is 315 g/mol. The third-order valence-electron chi connectivity index (χ3n) is 3.39. The molecule has 0 saturated carbocycles. The van der Waals surface area contributed by atoms with Crippen LogP contribution in [0.4, 0.5) is 0 Å². The number of amides is 1. The minimum absolute atomic E-state index is 0.0389. The smallest absolute Gasteiger partial charge is 0.251 e. The lowest BCUT2D eigenvalue weighted by molar-refractivity contribution is 0.0953. The molecule has 0 unspecified atom stereocenters. The summed E-state index contributed by atoms with van der Waals surface area (Å²) in [6.45, 7) is 6.50. The van der Waals surface area contributed by atoms with Crippen LogP contribution in [0.3, 0.4) is 0 Å². The summed E-state index contributed by atoms with van der Waals surface area (Å²) in [6, 6.07) is 7.29. The van der Waals surface area contributed by atoms with E-state index < -0.39 is 0 Å². The first-order chi connectivity index (χ1) is 11.1. The number of benzene rings is 1. The zero-order valence-corrected chi connectivity index (χ0v) is 13.9. The van der Waals surface area contributed by atoms with Gasteiger partial charge in [0.05, 0.1) is 12.9 Å². The molecule has 2 rings (SSSR count). The summed E-state index contributed by atoms with van der Waals surface area (Å²) < 4.78 is 7.65. The fourth-order valence-corrected chi connectivity index (χ4v) is 2.11. The van der Waals surface area contributed by atoms with Gasteiger partial charge in [0.15, 0.2) is 0 Å². The molecule has 5 nitrogen and oxygen atoms in total. The van der Waals surface area contributed by atoms with Gasteiger partial charge in [-0.2, -0.15) is 0 Å². The van der Waals surface area contributed by atoms with Crippen LogP contribution >= 0.6 is 0 Å². The largest absolute Gasteiger partial charge is 0.493 e. The highest BCUT2D eigenvalue weighted by Crippen LogP contribution is 2.13. The molecular formula is C18H25N3O2. The molecule has 0 bridgehead atoms. The second-order valence-electron chi connectivity index (χ2n) is 5.99. The van der Waals surface area contributed by atoms with Crippen LogP contribution in [0.15, 0.2) is 43.0 Å². The highest BCUT2D eigenvalue weighted by atomic mass is 16.5. The van der Waals surface area contributed by atoms with E-state index in [2.05, 4.69) is 24.1 Å². The number of aryl methyl sites for hydroxylation is 1. The van der Waals surface area contributed by atoms with Crippen molar-refractivity contribution >= 4 is 5.91 Å². The van der Waals surface area contributed by atoms with E-state index in [1.807, 2.05) is 29.2 Å². The van der Waals surface area contributed by atoms with Gasteiger partial charge in [0.25, 0.3) is 5.91 Å². The number of carbonyl (C=O) groups excluding carboxylic acids is 1. The molecule has 0 radical (unpaired) electrons. The lowest BCUT2D eigenvalue weighted by atomic mass is 10.2. The normalized spacial score (nSPS) is 10.7. The van der Waals surface area contributed by atoms with Crippen LogP contribution in [0.2, 0.25) is 0 Å². The number of imidazole rings is 1. The first-order valence-corrected chi connectivity index (χ1v) is 8.12. The van der Waals surface area contributed by atoms with Gasteiger partial charge >= 0.3 is 0 Å². The average Bonchev–Trinajstić information content (AvgIpc) is 3.06. The van der Waals surface area contributed by atoms with E-state index in [1.54, 1.807) is 18.3 Å². The topological polar surface area (TPSA) is 56.1 Å². The second kappa shape index (κ2) is 8.98. The average molecular weight is 315 g/mol. The Morgan fingerprint density at radius 3 is 2.70 bits per heavy atom. The Balaban J connectivity index is 1.66. The molecule has 0 atom stereocenters. The van der Waals surface area contributed by atoms with Crippen LogP contribution in [0.5, 0.6) is 5.75 Å². The van der Waals surface area contributed by atoms with Gasteiger partial charge < -0.3 is 14.6 Å². The van der Waals surface area contributed by atoms with E-state index in [-0.39, 0.29) is 5.91 Å². The quantitative estimate of drug-likeness (QED) is 0.723. The number of carbonyl (C=O) groups is 1. The maximum absolute atomic E-state index is 12.0. The number of rotatable bonds is 9. The Morgan fingerprint density at radius 2 is 2.04 bits per heavy atom. The number of nitrogens with one attached hydrogen (secondary N) is 1. The van der Waals surface area contributed by atoms with E-state index in [4.69, 9.17) is 4.74 Å². The predicted molar refractivity (Wildman–Crippen MR) is 90.6 cm³/mol. The van der Waals surface area contributed by atoms with Crippen LogP contribution in [0, 0.1) is 5.92 Å². The lowest BCUT2D eigenvalue weighted by Gasteiger charge is -2.09. The van der Waals surface area contributed by atoms with Crippen molar-refractivity contribution < 1.29 is 9.53 Å². The summed E-state index contributed by atoms with van der Waals surface area (Å²) in [5.41, 5.74) is 0.663. The Bertz CT molecular complexity index is 577. The highest BCUT2D eigenvalue weighted by molar-refractivity contribution is 5.94. The zero-order chi connectivity index (χ0) is 16.5. The molecule has 23 heavy (non-hydrogen) atoms. The van der Waals surface area contributed by atoms with Crippen molar-refractivity contribution in [3.63, 3.8) is 0 Å². The summed E-state index contributed by atoms with van der Waals surface area (Å²) in [5, 5.41) is 2.94. The van der Waals surface area contributed by atoms with Crippen molar-refractivity contribution in [3.8, 4) is 5.75 Å². The summed E-state index contributed by atoms with van der Waals surface area (Å²) in [6.07, 6.45) is 7.48. The van der Waals surface area contributed by atoms with Crippen molar-refractivity contribution in [2.24, 2.45) is 5.92 Å². The third kappa shape index (κ3) is 6.14. The maximum Gasteiger partial charge on any atom is 0.251 e. The van der Waals surface area contributed by atoms with Crippen molar-refractivity contribution in [1.29, 1.82) is 0 Å². The Kier molecular flexibility index (Phi) is 6.66. The second-order valence-corrected chi connectivity index (χ2v) is 5.99. The first kappa shape index (κ1) is 17.1. The van der Waals surface area contributed by atoms with Crippen molar-refractivity contribution in [3.05, 3.63) is 48.5 Å². The molecule has 1 aromatic heterocycles. The minimum atomic E-state index is -0.0389. The van der Waals surface area contributed by atoms with Crippen molar-refractivity contribution in [2.45, 2.75) is 33.2 Å². The van der Waals surface area contributed by atoms with Gasteiger partial charge in [0, 0.05) is 31.0 Å². The highest BCUT2D eigenvalue weighted by Gasteiger charge is 2.05. The van der Waals surface area contributed by atoms with Crippen molar-refractivity contribution in [1.82, 2.24) is 14.9 Å². The van der Waals surface area contributed by atoms with Gasteiger partial charge in [-0.25, -0.2) is 4.98 Å². The van der Waals surface area contributed by atoms with Gasteiger partial charge in [-0.3, -0.25) is 4.79 Å². The maximum atomic E-state index is 12.0. The molecule has 124 valence electrons. The molecule has 0 aliphatic carbocycles. The number of aromatic nitrogens is 2. The summed E-state index contributed by atoms with van der Waals surface area (Å²) in [4.78, 5) is 16.0. The van der Waals surface area contributed by atoms with Gasteiger partial charge in [-0.05, 0) is 43.0 Å². The van der Waals surface area contributed by atoms with Crippen molar-refractivity contribution in [2.75, 3.05) is 13.2 Å². The molecular weight excluding hydrogens is 290 g/mol. The van der Waals surface area contributed by atoms with E-state index in [9.17, 15) is 4.79 Å². The molecule has 1 heterocycles. The summed E-state index contributed by atoms with van der Waals surface area (Å²) >= 11 is 0. The number of hydrogen-bond acceptors (Lipinski definition) is 3. The van der Waals surface area contributed by atoms with Crippen LogP contribution in [0.25, 0.3) is 0 Å². The van der Waals surface area contributed by atoms with Crippen LogP contribution in [-0.2, 0) is 6.54 Å². The Morgan fingerprint density at radius 1 is 1.26 bits per heavy atom. The molecule has 5 heteroatoms. The Labute approximate surface area is 137 Å². The van der Waals surface area contributed by atoms with E-state index >= 15 is 0 Å². The number of unbranched alkanes of at least 4 members (excludes halogenated alkanes) is 1. The van der Waals surface area contributed by atoms with Crippen LogP contribution in [0.1, 0.15) is 37.0 Å². The minimum Gasteiger partial charge on any atom is -0.493 e. The fourth-order valence-electron chi connectivity index (χ4n) is 2.11. The molecule has 2 aromatic rings. The van der Waals surface area contributed by atoms with Gasteiger partial charge in [-0.15, -0.1) is 0 Å². The SMILES string of the molecule is CC(C)COc1ccc(C(=O)NCCCCn2ccnc2)cc1. The fraction of sp³-hybridized carbons (Fsp3) is 0.444. The van der Waals surface area contributed by atoms with Gasteiger partial charge in [0.2, 0.25) is 0 Å². The molecule has 0 saturated heterocycles. The van der Waals surface area contributed by atoms with E-state index in [0.717, 1.165) is 25.1 Å². The molecule has 1 N–H and O–H groups in total. The van der Waals surface area contributed by atoms with Gasteiger partial charge in [0.1, 0.15) is 5.75 Å². The number of nitrogens with zero attached hydrogens (tertiary/aromatic N) is 2. The van der Waals surface area contributed by atoms with Crippen LogP contribution in [-0.4, -0.2) is 28.6 Å².